The minimum atomic E-state index is 0.525. The molecule has 4 heteroatoms. The van der Waals surface area contributed by atoms with Gasteiger partial charge in [-0.3, -0.25) is 0 Å². The highest BCUT2D eigenvalue weighted by molar-refractivity contribution is 7.75. The second-order valence-corrected chi connectivity index (χ2v) is 4.20. The van der Waals surface area contributed by atoms with Crippen molar-refractivity contribution in [2.24, 2.45) is 5.92 Å². The molecule has 0 radical (unpaired) electrons. The summed E-state index contributed by atoms with van der Waals surface area (Å²) in [5, 5.41) is 0. The fourth-order valence-electron chi connectivity index (χ4n) is 1.46. The van der Waals surface area contributed by atoms with Gasteiger partial charge in [0.1, 0.15) is 0 Å². The summed E-state index contributed by atoms with van der Waals surface area (Å²) in [6, 6.07) is 0. The smallest absolute Gasteiger partial charge is 0.0844 e. The number of hydrogen-bond acceptors (Lipinski definition) is 4. The van der Waals surface area contributed by atoms with Crippen LogP contribution in [0.3, 0.4) is 0 Å². The average Bonchev–Trinajstić information content (AvgIpc) is 2.32. The average molecular weight is 250 g/mol. The summed E-state index contributed by atoms with van der Waals surface area (Å²) in [6.45, 7) is 7.74. The highest BCUT2D eigenvalue weighted by Gasteiger charge is 2.05. The van der Waals surface area contributed by atoms with Crippen LogP contribution < -0.4 is 0 Å². The molecule has 1 unspecified atom stereocenters. The fraction of sp³-hybridized carbons (Fsp3) is 1.00. The summed E-state index contributed by atoms with van der Waals surface area (Å²) in [4.78, 5) is 0. The van der Waals surface area contributed by atoms with Crippen molar-refractivity contribution >= 4 is 12.9 Å². The molecule has 0 amide bonds. The van der Waals surface area contributed by atoms with Gasteiger partial charge in [-0.2, -0.15) is 0 Å². The van der Waals surface area contributed by atoms with Gasteiger partial charge >= 0.3 is 0 Å². The lowest BCUT2D eigenvalue weighted by Gasteiger charge is -2.14. The number of thiol groups is 1. The van der Waals surface area contributed by atoms with E-state index in [4.69, 9.17) is 9.47 Å². The van der Waals surface area contributed by atoms with Crippen molar-refractivity contribution in [3.63, 3.8) is 0 Å². The molecule has 0 saturated heterocycles. The van der Waals surface area contributed by atoms with Crippen LogP contribution in [0.1, 0.15) is 39.5 Å². The zero-order valence-electron chi connectivity index (χ0n) is 10.6. The number of hydrogen-bond donors (Lipinski definition) is 1. The van der Waals surface area contributed by atoms with Crippen molar-refractivity contribution < 1.29 is 13.7 Å². The summed E-state index contributed by atoms with van der Waals surface area (Å²) >= 11 is 3.62. The van der Waals surface area contributed by atoms with Gasteiger partial charge in [-0.1, -0.05) is 33.1 Å². The molecule has 0 saturated carbocycles. The molecule has 0 heterocycles. The van der Waals surface area contributed by atoms with E-state index in [0.717, 1.165) is 6.61 Å². The molecular weight excluding hydrogens is 224 g/mol. The molecule has 0 aromatic carbocycles. The van der Waals surface area contributed by atoms with Gasteiger partial charge in [-0.15, -0.1) is 0 Å². The first kappa shape index (κ1) is 16.2. The van der Waals surface area contributed by atoms with Gasteiger partial charge in [0.05, 0.1) is 26.4 Å². The van der Waals surface area contributed by atoms with E-state index in [1.165, 1.54) is 25.7 Å². The topological polar surface area (TPSA) is 27.7 Å². The van der Waals surface area contributed by atoms with Crippen molar-refractivity contribution in [1.82, 2.24) is 0 Å². The Morgan fingerprint density at radius 2 is 1.69 bits per heavy atom. The zero-order valence-corrected chi connectivity index (χ0v) is 11.5. The van der Waals surface area contributed by atoms with Crippen molar-refractivity contribution in [3.05, 3.63) is 0 Å². The van der Waals surface area contributed by atoms with Crippen LogP contribution >= 0.6 is 12.9 Å². The summed E-state index contributed by atoms with van der Waals surface area (Å²) in [5.74, 6) is 0.709. The standard InChI is InChI=1S/C12H26O3S/c1-3-5-6-12(4-2)11-14-8-7-13-9-10-15-16/h12,16H,3-11H2,1-2H3. The largest absolute Gasteiger partial charge is 0.379 e. The molecule has 0 bridgehead atoms. The molecule has 0 rings (SSSR count). The minimum Gasteiger partial charge on any atom is -0.379 e. The predicted octanol–water partition coefficient (Wildman–Crippen LogP) is 3.10. The SMILES string of the molecule is CCCCC(CC)COCCOCCOS. The van der Waals surface area contributed by atoms with Gasteiger partial charge in [0.25, 0.3) is 0 Å². The molecule has 3 nitrogen and oxygen atoms in total. The van der Waals surface area contributed by atoms with Gasteiger partial charge in [0.15, 0.2) is 0 Å². The molecule has 98 valence electrons. The van der Waals surface area contributed by atoms with Crippen LogP contribution in [0.25, 0.3) is 0 Å². The Hall–Kier alpha value is 0.230. The second-order valence-electron chi connectivity index (χ2n) is 3.94. The van der Waals surface area contributed by atoms with Gasteiger partial charge in [-0.05, 0) is 25.2 Å². The van der Waals surface area contributed by atoms with Crippen molar-refractivity contribution in [1.29, 1.82) is 0 Å². The van der Waals surface area contributed by atoms with E-state index in [1.54, 1.807) is 0 Å². The first-order chi connectivity index (χ1) is 7.85. The van der Waals surface area contributed by atoms with E-state index in [-0.39, 0.29) is 0 Å². The summed E-state index contributed by atoms with van der Waals surface area (Å²) in [7, 11) is 0. The third-order valence-electron chi connectivity index (χ3n) is 2.59. The first-order valence-electron chi connectivity index (χ1n) is 6.26. The van der Waals surface area contributed by atoms with Gasteiger partial charge < -0.3 is 13.7 Å². The molecule has 0 aromatic heterocycles. The molecule has 0 aromatic rings. The quantitative estimate of drug-likeness (QED) is 0.328. The molecule has 16 heavy (non-hydrogen) atoms. The Morgan fingerprint density at radius 1 is 1.00 bits per heavy atom. The fourth-order valence-corrected chi connectivity index (χ4v) is 1.54. The van der Waals surface area contributed by atoms with E-state index >= 15 is 0 Å². The molecule has 0 spiro atoms. The summed E-state index contributed by atoms with van der Waals surface area (Å²) in [6.07, 6.45) is 5.05. The Labute approximate surface area is 105 Å². The van der Waals surface area contributed by atoms with Gasteiger partial charge in [0, 0.05) is 6.61 Å². The van der Waals surface area contributed by atoms with Crippen LogP contribution in [0.2, 0.25) is 0 Å². The van der Waals surface area contributed by atoms with Gasteiger partial charge in [-0.25, -0.2) is 0 Å². The molecular formula is C12H26O3S. The summed E-state index contributed by atoms with van der Waals surface area (Å²) < 4.78 is 15.4. The van der Waals surface area contributed by atoms with Crippen LogP contribution in [0.15, 0.2) is 0 Å². The third-order valence-corrected chi connectivity index (χ3v) is 2.77. The van der Waals surface area contributed by atoms with Gasteiger partial charge in [0.2, 0.25) is 0 Å². The Bertz CT molecular complexity index is 133. The van der Waals surface area contributed by atoms with Crippen LogP contribution in [0.5, 0.6) is 0 Å². The van der Waals surface area contributed by atoms with E-state index in [2.05, 4.69) is 30.9 Å². The summed E-state index contributed by atoms with van der Waals surface area (Å²) in [5.41, 5.74) is 0. The highest BCUT2D eigenvalue weighted by Crippen LogP contribution is 2.12. The zero-order chi connectivity index (χ0) is 12.1. The maximum absolute atomic E-state index is 5.58. The van der Waals surface area contributed by atoms with Crippen LogP contribution in [-0.4, -0.2) is 33.0 Å². The third kappa shape index (κ3) is 10.7. The minimum absolute atomic E-state index is 0.525. The van der Waals surface area contributed by atoms with E-state index in [9.17, 15) is 0 Å². The number of unbranched alkanes of at least 4 members (excludes halogenated alkanes) is 1. The van der Waals surface area contributed by atoms with Crippen molar-refractivity contribution in [2.75, 3.05) is 33.0 Å². The molecule has 0 aliphatic rings. The van der Waals surface area contributed by atoms with E-state index in [1.807, 2.05) is 0 Å². The highest BCUT2D eigenvalue weighted by atomic mass is 32.1. The normalized spacial score (nSPS) is 12.9. The predicted molar refractivity (Wildman–Crippen MR) is 69.9 cm³/mol. The van der Waals surface area contributed by atoms with Crippen molar-refractivity contribution in [2.45, 2.75) is 39.5 Å². The second kappa shape index (κ2) is 13.3. The lowest BCUT2D eigenvalue weighted by molar-refractivity contribution is 0.0247. The number of ether oxygens (including phenoxy) is 2. The Balaban J connectivity index is 3.20. The lowest BCUT2D eigenvalue weighted by Crippen LogP contribution is -2.13. The lowest BCUT2D eigenvalue weighted by atomic mass is 10.0. The maximum atomic E-state index is 5.58. The Morgan fingerprint density at radius 3 is 2.31 bits per heavy atom. The molecule has 0 aliphatic carbocycles. The number of rotatable bonds is 12. The monoisotopic (exact) mass is 250 g/mol. The molecule has 0 fully saturated rings. The van der Waals surface area contributed by atoms with Crippen LogP contribution in [0.4, 0.5) is 0 Å². The first-order valence-corrected chi connectivity index (χ1v) is 6.63. The molecule has 0 aliphatic heterocycles. The van der Waals surface area contributed by atoms with E-state index < -0.39 is 0 Å². The van der Waals surface area contributed by atoms with Crippen molar-refractivity contribution in [3.8, 4) is 0 Å². The maximum Gasteiger partial charge on any atom is 0.0844 e. The molecule has 0 N–H and O–H groups in total. The van der Waals surface area contributed by atoms with E-state index in [0.29, 0.717) is 32.3 Å². The Kier molecular flexibility index (Phi) is 13.5. The van der Waals surface area contributed by atoms with Crippen LogP contribution in [0, 0.1) is 5.92 Å². The van der Waals surface area contributed by atoms with Crippen LogP contribution in [-0.2, 0) is 13.7 Å². The molecule has 1 atom stereocenters.